The third-order valence-electron chi connectivity index (χ3n) is 12.1. The van der Waals surface area contributed by atoms with Crippen LogP contribution in [0.3, 0.4) is 0 Å². The second-order valence-electron chi connectivity index (χ2n) is 15.4. The van der Waals surface area contributed by atoms with Crippen LogP contribution in [0.4, 0.5) is 13.2 Å². The molecule has 0 N–H and O–H groups in total. The van der Waals surface area contributed by atoms with E-state index in [-0.39, 0.29) is 5.41 Å². The van der Waals surface area contributed by atoms with Crippen LogP contribution in [0, 0.1) is 0 Å². The van der Waals surface area contributed by atoms with Crippen LogP contribution in [0.25, 0.3) is 77.2 Å². The smallest absolute Gasteiger partial charge is 0.170 e. The van der Waals surface area contributed by atoms with Gasteiger partial charge in [0.25, 0.3) is 0 Å². The van der Waals surface area contributed by atoms with E-state index in [1.807, 2.05) is 42.5 Å². The van der Waals surface area contributed by atoms with Crippen molar-refractivity contribution in [1.82, 2.24) is 0 Å². The van der Waals surface area contributed by atoms with Crippen molar-refractivity contribution >= 4 is 21.5 Å². The number of alkyl halides is 3. The number of fused-ring (bicyclic) bond motifs is 8. The van der Waals surface area contributed by atoms with Crippen molar-refractivity contribution in [2.24, 2.45) is 0 Å². The third kappa shape index (κ3) is 4.63. The second-order valence-corrected chi connectivity index (χ2v) is 15.4. The van der Waals surface area contributed by atoms with Gasteiger partial charge in [-0.3, -0.25) is 0 Å². The molecule has 1 unspecified atom stereocenters. The lowest BCUT2D eigenvalue weighted by Crippen LogP contribution is -2.38. The van der Waals surface area contributed by atoms with Crippen LogP contribution in [-0.4, -0.2) is 6.18 Å². The van der Waals surface area contributed by atoms with Crippen LogP contribution in [0.15, 0.2) is 158 Å². The maximum absolute atomic E-state index is 15.5. The first-order valence-electron chi connectivity index (χ1n) is 18.1. The highest BCUT2D eigenvalue weighted by atomic mass is 19.4. The van der Waals surface area contributed by atoms with Gasteiger partial charge >= 0.3 is 6.18 Å². The molecule has 2 aliphatic carbocycles. The summed E-state index contributed by atoms with van der Waals surface area (Å²) in [6, 6.07) is 53.5. The van der Waals surface area contributed by atoms with Crippen LogP contribution < -0.4 is 0 Å². The predicted molar refractivity (Wildman–Crippen MR) is 213 cm³/mol. The fraction of sp³-hybridized carbons (Fsp3) is 0.120. The Bertz CT molecular complexity index is 2820. The van der Waals surface area contributed by atoms with Crippen molar-refractivity contribution < 1.29 is 13.2 Å². The molecule has 256 valence electrons. The molecule has 0 heterocycles. The van der Waals surface area contributed by atoms with Gasteiger partial charge in [0.2, 0.25) is 0 Å². The van der Waals surface area contributed by atoms with E-state index in [2.05, 4.69) is 117 Å². The lowest BCUT2D eigenvalue weighted by atomic mass is 9.77. The summed E-state index contributed by atoms with van der Waals surface area (Å²) in [7, 11) is 0. The summed E-state index contributed by atoms with van der Waals surface area (Å²) in [6.07, 6.45) is -4.51. The molecule has 0 saturated carbocycles. The third-order valence-corrected chi connectivity index (χ3v) is 12.1. The molecular weight excluding hydrogens is 658 g/mol. The highest BCUT2D eigenvalue weighted by molar-refractivity contribution is 5.94. The first-order chi connectivity index (χ1) is 25.5. The minimum Gasteiger partial charge on any atom is -0.170 e. The van der Waals surface area contributed by atoms with Gasteiger partial charge in [-0.1, -0.05) is 135 Å². The molecule has 53 heavy (non-hydrogen) atoms. The minimum absolute atomic E-state index is 0.200. The van der Waals surface area contributed by atoms with Crippen molar-refractivity contribution in [1.29, 1.82) is 0 Å². The first-order valence-corrected chi connectivity index (χ1v) is 18.1. The second kappa shape index (κ2) is 11.0. The Morgan fingerprint density at radius 3 is 1.23 bits per heavy atom. The summed E-state index contributed by atoms with van der Waals surface area (Å²) in [4.78, 5) is 0. The quantitative estimate of drug-likeness (QED) is 0.173. The predicted octanol–water partition coefficient (Wildman–Crippen LogP) is 14.1. The van der Waals surface area contributed by atoms with Crippen LogP contribution in [0.2, 0.25) is 0 Å². The van der Waals surface area contributed by atoms with Crippen LogP contribution in [0.1, 0.15) is 43.0 Å². The van der Waals surface area contributed by atoms with E-state index in [4.69, 9.17) is 0 Å². The molecule has 1 atom stereocenters. The van der Waals surface area contributed by atoms with Crippen molar-refractivity contribution in [3.05, 3.63) is 180 Å². The highest BCUT2D eigenvalue weighted by Gasteiger charge is 2.58. The number of rotatable bonds is 3. The van der Waals surface area contributed by atoms with Gasteiger partial charge in [0.15, 0.2) is 0 Å². The molecule has 0 aliphatic heterocycles. The van der Waals surface area contributed by atoms with Gasteiger partial charge in [-0.05, 0) is 143 Å². The molecule has 0 amide bonds. The number of hydrogen-bond acceptors (Lipinski definition) is 0. The summed E-state index contributed by atoms with van der Waals surface area (Å²) in [5, 5.41) is 4.52. The summed E-state index contributed by atoms with van der Waals surface area (Å²) in [5.74, 6) is 0. The van der Waals surface area contributed by atoms with E-state index in [1.54, 1.807) is 12.1 Å². The lowest BCUT2D eigenvalue weighted by Gasteiger charge is -2.30. The molecule has 8 aromatic carbocycles. The molecule has 0 saturated heterocycles. The molecule has 2 aliphatic rings. The van der Waals surface area contributed by atoms with Crippen molar-refractivity contribution in [3.63, 3.8) is 0 Å². The van der Waals surface area contributed by atoms with Crippen molar-refractivity contribution in [2.75, 3.05) is 0 Å². The summed E-state index contributed by atoms with van der Waals surface area (Å²) >= 11 is 0. The fourth-order valence-corrected chi connectivity index (χ4v) is 9.05. The maximum atomic E-state index is 15.5. The zero-order valence-electron chi connectivity index (χ0n) is 29.6. The SMILES string of the molecule is CC1(C)c2ccccc2-c2ccc(-c3ccc4c(c3)C(C)(C(F)(F)F)c3cc(-c5ccc6cc(-c7ccc8ccccc8c7)ccc6c5)ccc3-4)cc21. The van der Waals surface area contributed by atoms with E-state index in [9.17, 15) is 0 Å². The van der Waals surface area contributed by atoms with Gasteiger partial charge in [-0.15, -0.1) is 0 Å². The standard InChI is InChI=1S/C50H35F3/c1-48(2)44-11-7-6-10-40(44)41-21-18-37(27-45(41)48)39-20-23-43-42-22-19-38(28-46(42)49(3,47(43)29-39)50(51,52)53)36-17-16-34-25-33(14-15-35(34)26-36)32-13-12-30-8-4-5-9-31(30)24-32/h4-29H,1-3H3. The Balaban J connectivity index is 1.02. The Kier molecular flexibility index (Phi) is 6.62. The van der Waals surface area contributed by atoms with E-state index in [0.717, 1.165) is 44.2 Å². The summed E-state index contributed by atoms with van der Waals surface area (Å²) < 4.78 is 46.4. The van der Waals surface area contributed by atoms with E-state index in [0.29, 0.717) is 22.3 Å². The molecular formula is C50H35F3. The molecule has 8 aromatic rings. The molecule has 3 heteroatoms. The zero-order chi connectivity index (χ0) is 36.3. The van der Waals surface area contributed by atoms with Gasteiger partial charge < -0.3 is 0 Å². The monoisotopic (exact) mass is 692 g/mol. The Morgan fingerprint density at radius 2 is 0.698 bits per heavy atom. The Labute approximate surface area is 307 Å². The molecule has 0 nitrogen and oxygen atoms in total. The largest absolute Gasteiger partial charge is 0.402 e. The van der Waals surface area contributed by atoms with E-state index >= 15 is 13.2 Å². The molecule has 0 spiro atoms. The average Bonchev–Trinajstić information content (AvgIpc) is 3.57. The Morgan fingerprint density at radius 1 is 0.340 bits per heavy atom. The summed E-state index contributed by atoms with van der Waals surface area (Å²) in [6.45, 7) is 5.79. The summed E-state index contributed by atoms with van der Waals surface area (Å²) in [5.41, 5.74) is 10.1. The van der Waals surface area contributed by atoms with E-state index in [1.165, 1.54) is 39.9 Å². The highest BCUT2D eigenvalue weighted by Crippen LogP contribution is 2.58. The van der Waals surface area contributed by atoms with Crippen LogP contribution in [-0.2, 0) is 10.8 Å². The van der Waals surface area contributed by atoms with Gasteiger partial charge in [0.1, 0.15) is 5.41 Å². The topological polar surface area (TPSA) is 0 Å². The lowest BCUT2D eigenvalue weighted by molar-refractivity contribution is -0.172. The maximum Gasteiger partial charge on any atom is 0.402 e. The zero-order valence-corrected chi connectivity index (χ0v) is 29.6. The van der Waals surface area contributed by atoms with Crippen molar-refractivity contribution in [2.45, 2.75) is 37.8 Å². The normalized spacial score (nSPS) is 16.7. The average molecular weight is 693 g/mol. The number of hydrogen-bond donors (Lipinski definition) is 0. The molecule has 0 aromatic heterocycles. The molecule has 0 fully saturated rings. The number of benzene rings is 8. The van der Waals surface area contributed by atoms with Gasteiger partial charge in [-0.2, -0.15) is 13.2 Å². The van der Waals surface area contributed by atoms with Gasteiger partial charge in [0, 0.05) is 5.41 Å². The van der Waals surface area contributed by atoms with E-state index < -0.39 is 11.6 Å². The minimum atomic E-state index is -4.51. The van der Waals surface area contributed by atoms with Crippen molar-refractivity contribution in [3.8, 4) is 55.6 Å². The first kappa shape index (κ1) is 31.8. The van der Waals surface area contributed by atoms with Crippen LogP contribution >= 0.6 is 0 Å². The number of halogens is 3. The van der Waals surface area contributed by atoms with Crippen LogP contribution in [0.5, 0.6) is 0 Å². The molecule has 0 radical (unpaired) electrons. The fourth-order valence-electron chi connectivity index (χ4n) is 9.05. The molecule has 0 bridgehead atoms. The molecule has 10 rings (SSSR count). The van der Waals surface area contributed by atoms with Gasteiger partial charge in [0.05, 0.1) is 0 Å². The van der Waals surface area contributed by atoms with Gasteiger partial charge in [-0.25, -0.2) is 0 Å². The Hall–Kier alpha value is -5.93.